The number of hydrogen-bond acceptors (Lipinski definition) is 7. The second-order valence-electron chi connectivity index (χ2n) is 7.07. The highest BCUT2D eigenvalue weighted by Crippen LogP contribution is 2.33. The Labute approximate surface area is 165 Å². The van der Waals surface area contributed by atoms with Gasteiger partial charge in [-0.2, -0.15) is 0 Å². The molecule has 3 aromatic heterocycles. The summed E-state index contributed by atoms with van der Waals surface area (Å²) in [6.07, 6.45) is 5.72. The molecule has 0 radical (unpaired) electrons. The Morgan fingerprint density at radius 3 is 2.86 bits per heavy atom. The number of hydrogen-bond donors (Lipinski definition) is 1. The van der Waals surface area contributed by atoms with Crippen molar-refractivity contribution in [2.75, 3.05) is 12.8 Å². The number of para-hydroxylation sites is 1. The first-order valence-corrected chi connectivity index (χ1v) is 9.35. The highest BCUT2D eigenvalue weighted by molar-refractivity contribution is 5.95. The van der Waals surface area contributed by atoms with E-state index in [-0.39, 0.29) is 11.5 Å². The van der Waals surface area contributed by atoms with Gasteiger partial charge in [-0.05, 0) is 25.0 Å². The fourth-order valence-corrected chi connectivity index (χ4v) is 3.48. The third-order valence-electron chi connectivity index (χ3n) is 5.03. The first kappa shape index (κ1) is 17.4. The molecule has 1 aliphatic carbocycles. The molecule has 5 rings (SSSR count). The second-order valence-corrected chi connectivity index (χ2v) is 7.07. The number of anilines is 1. The normalized spacial score (nSPS) is 13.7. The van der Waals surface area contributed by atoms with E-state index in [9.17, 15) is 4.79 Å². The predicted molar refractivity (Wildman–Crippen MR) is 108 cm³/mol. The minimum atomic E-state index is 0.0218. The minimum Gasteiger partial charge on any atom is -0.494 e. The summed E-state index contributed by atoms with van der Waals surface area (Å²) < 4.78 is 8.82. The third kappa shape index (κ3) is 3.10. The van der Waals surface area contributed by atoms with E-state index in [1.165, 1.54) is 0 Å². The largest absolute Gasteiger partial charge is 0.494 e. The van der Waals surface area contributed by atoms with Crippen molar-refractivity contribution in [3.63, 3.8) is 0 Å². The van der Waals surface area contributed by atoms with Gasteiger partial charge in [0.25, 0.3) is 5.56 Å². The average molecular weight is 389 g/mol. The number of aromatic nitrogens is 6. The molecule has 146 valence electrons. The number of nitrogen functional groups attached to an aromatic ring is 1. The lowest BCUT2D eigenvalue weighted by Crippen LogP contribution is -2.23. The van der Waals surface area contributed by atoms with Crippen molar-refractivity contribution in [1.82, 2.24) is 29.5 Å². The highest BCUT2D eigenvalue weighted by Gasteiger charge is 2.25. The molecule has 3 heterocycles. The van der Waals surface area contributed by atoms with Crippen LogP contribution in [0, 0.1) is 0 Å². The molecule has 0 atom stereocenters. The van der Waals surface area contributed by atoms with Crippen LogP contribution in [-0.2, 0) is 6.54 Å². The van der Waals surface area contributed by atoms with Crippen molar-refractivity contribution >= 4 is 16.9 Å². The molecule has 1 saturated carbocycles. The number of nitrogens with zero attached hydrogens (tertiary/aromatic N) is 6. The zero-order chi connectivity index (χ0) is 20.0. The van der Waals surface area contributed by atoms with Gasteiger partial charge in [-0.3, -0.25) is 4.79 Å². The second kappa shape index (κ2) is 6.69. The van der Waals surface area contributed by atoms with Gasteiger partial charge in [0.1, 0.15) is 22.7 Å². The first-order chi connectivity index (χ1) is 14.1. The molecule has 0 spiro atoms. The lowest BCUT2D eigenvalue weighted by atomic mass is 10.1. The molecule has 0 saturated heterocycles. The van der Waals surface area contributed by atoms with Crippen molar-refractivity contribution in [2.24, 2.45) is 0 Å². The Balaban J connectivity index is 1.53. The summed E-state index contributed by atoms with van der Waals surface area (Å²) in [5, 5.41) is 9.20. The molecular formula is C20H19N7O2. The van der Waals surface area contributed by atoms with E-state index in [0.29, 0.717) is 40.8 Å². The Morgan fingerprint density at radius 1 is 1.21 bits per heavy atom. The van der Waals surface area contributed by atoms with E-state index in [1.54, 1.807) is 22.6 Å². The van der Waals surface area contributed by atoms with Crippen molar-refractivity contribution in [2.45, 2.75) is 25.4 Å². The SMILES string of the molecule is COc1cccc2c(-c3cn(Cc4cccn(C5CC5)c4=O)nn3)nc(N)nc12. The standard InChI is InChI=1S/C20H19N7O2/c1-29-16-6-2-5-14-17(22-20(21)23-18(14)16)15-11-26(25-24-15)10-12-4-3-9-27(19(12)28)13-7-8-13/h2-6,9,11,13H,7-8,10H2,1H3,(H2,21,22,23). The number of rotatable bonds is 5. The fourth-order valence-electron chi connectivity index (χ4n) is 3.48. The number of ether oxygens (including phenoxy) is 1. The minimum absolute atomic E-state index is 0.0218. The quantitative estimate of drug-likeness (QED) is 0.555. The lowest BCUT2D eigenvalue weighted by molar-refractivity contribution is 0.419. The number of fused-ring (bicyclic) bond motifs is 1. The fraction of sp³-hybridized carbons (Fsp3) is 0.250. The number of benzene rings is 1. The topological polar surface area (TPSA) is 114 Å². The molecule has 0 unspecified atom stereocenters. The van der Waals surface area contributed by atoms with Gasteiger partial charge in [-0.15, -0.1) is 5.10 Å². The monoisotopic (exact) mass is 389 g/mol. The Morgan fingerprint density at radius 2 is 2.07 bits per heavy atom. The van der Waals surface area contributed by atoms with Gasteiger partial charge in [-0.25, -0.2) is 14.6 Å². The number of nitrogens with two attached hydrogens (primary N) is 1. The molecule has 0 bridgehead atoms. The Bertz CT molecular complexity index is 1270. The summed E-state index contributed by atoms with van der Waals surface area (Å²) in [6, 6.07) is 9.62. The molecule has 9 heteroatoms. The van der Waals surface area contributed by atoms with E-state index in [4.69, 9.17) is 10.5 Å². The van der Waals surface area contributed by atoms with Crippen LogP contribution in [0.1, 0.15) is 24.4 Å². The first-order valence-electron chi connectivity index (χ1n) is 9.35. The van der Waals surface area contributed by atoms with Gasteiger partial charge in [0.15, 0.2) is 0 Å². The molecule has 29 heavy (non-hydrogen) atoms. The van der Waals surface area contributed by atoms with Crippen LogP contribution < -0.4 is 16.0 Å². The van der Waals surface area contributed by atoms with E-state index in [1.807, 2.05) is 36.5 Å². The molecule has 9 nitrogen and oxygen atoms in total. The van der Waals surface area contributed by atoms with Crippen LogP contribution in [0.2, 0.25) is 0 Å². The maximum atomic E-state index is 12.7. The van der Waals surface area contributed by atoms with E-state index >= 15 is 0 Å². The summed E-state index contributed by atoms with van der Waals surface area (Å²) in [4.78, 5) is 21.3. The predicted octanol–water partition coefficient (Wildman–Crippen LogP) is 2.02. The summed E-state index contributed by atoms with van der Waals surface area (Å²) in [5.74, 6) is 0.733. The van der Waals surface area contributed by atoms with Crippen LogP contribution in [0.25, 0.3) is 22.3 Å². The molecule has 0 amide bonds. The molecule has 4 aromatic rings. The van der Waals surface area contributed by atoms with Crippen molar-refractivity contribution in [3.8, 4) is 17.1 Å². The molecule has 2 N–H and O–H groups in total. The zero-order valence-electron chi connectivity index (χ0n) is 15.8. The van der Waals surface area contributed by atoms with Gasteiger partial charge in [-0.1, -0.05) is 23.4 Å². The highest BCUT2D eigenvalue weighted by atomic mass is 16.5. The molecular weight excluding hydrogens is 370 g/mol. The zero-order valence-corrected chi connectivity index (χ0v) is 15.8. The summed E-state index contributed by atoms with van der Waals surface area (Å²) in [6.45, 7) is 0.335. The van der Waals surface area contributed by atoms with E-state index in [2.05, 4.69) is 20.3 Å². The van der Waals surface area contributed by atoms with Crippen LogP contribution in [0.5, 0.6) is 5.75 Å². The van der Waals surface area contributed by atoms with Gasteiger partial charge < -0.3 is 15.0 Å². The Kier molecular flexibility index (Phi) is 4.01. The van der Waals surface area contributed by atoms with Crippen LogP contribution in [0.15, 0.2) is 47.5 Å². The molecule has 1 aliphatic rings. The van der Waals surface area contributed by atoms with Crippen LogP contribution in [-0.4, -0.2) is 36.6 Å². The molecule has 1 aromatic carbocycles. The van der Waals surface area contributed by atoms with E-state index in [0.717, 1.165) is 18.2 Å². The lowest BCUT2D eigenvalue weighted by Gasteiger charge is -2.08. The maximum absolute atomic E-state index is 12.7. The summed E-state index contributed by atoms with van der Waals surface area (Å²) >= 11 is 0. The van der Waals surface area contributed by atoms with Gasteiger partial charge in [0, 0.05) is 23.2 Å². The number of pyridine rings is 1. The Hall–Kier alpha value is -3.75. The van der Waals surface area contributed by atoms with Crippen LogP contribution in [0.4, 0.5) is 5.95 Å². The van der Waals surface area contributed by atoms with Crippen molar-refractivity contribution in [1.29, 1.82) is 0 Å². The number of methoxy groups -OCH3 is 1. The third-order valence-corrected chi connectivity index (χ3v) is 5.03. The van der Waals surface area contributed by atoms with Gasteiger partial charge in [0.05, 0.1) is 19.9 Å². The van der Waals surface area contributed by atoms with Gasteiger partial charge >= 0.3 is 0 Å². The summed E-state index contributed by atoms with van der Waals surface area (Å²) in [7, 11) is 1.58. The average Bonchev–Trinajstić information content (AvgIpc) is 3.46. The van der Waals surface area contributed by atoms with Gasteiger partial charge in [0.2, 0.25) is 5.95 Å². The van der Waals surface area contributed by atoms with Crippen molar-refractivity contribution < 1.29 is 4.74 Å². The smallest absolute Gasteiger partial charge is 0.255 e. The van der Waals surface area contributed by atoms with Crippen LogP contribution in [0.3, 0.4) is 0 Å². The maximum Gasteiger partial charge on any atom is 0.255 e. The molecule has 0 aliphatic heterocycles. The van der Waals surface area contributed by atoms with Crippen LogP contribution >= 0.6 is 0 Å². The molecule has 1 fully saturated rings. The van der Waals surface area contributed by atoms with Crippen molar-refractivity contribution in [3.05, 3.63) is 58.6 Å². The summed E-state index contributed by atoms with van der Waals surface area (Å²) in [5.41, 5.74) is 8.34. The van der Waals surface area contributed by atoms with E-state index < -0.39 is 0 Å².